The minimum absolute atomic E-state index is 0.0113. The van der Waals surface area contributed by atoms with E-state index in [2.05, 4.69) is 10.3 Å². The number of nitriles is 1. The lowest BCUT2D eigenvalue weighted by atomic mass is 10.2. The van der Waals surface area contributed by atoms with Gasteiger partial charge < -0.3 is 19.2 Å². The molecule has 0 spiro atoms. The van der Waals surface area contributed by atoms with Crippen LogP contribution in [0.15, 0.2) is 69.2 Å². The van der Waals surface area contributed by atoms with E-state index in [9.17, 15) is 9.59 Å². The first kappa shape index (κ1) is 20.7. The number of furan rings is 1. The third-order valence-corrected chi connectivity index (χ3v) is 5.89. The second kappa shape index (κ2) is 8.72. The van der Waals surface area contributed by atoms with Gasteiger partial charge in [0.1, 0.15) is 5.76 Å². The molecule has 164 valence electrons. The normalized spacial score (nSPS) is 12.0. The second-order valence-electron chi connectivity index (χ2n) is 7.12. The number of thioether (sulfide) groups is 1. The summed E-state index contributed by atoms with van der Waals surface area (Å²) in [6.07, 6.45) is 1.53. The predicted molar refractivity (Wildman–Crippen MR) is 120 cm³/mol. The Morgan fingerprint density at radius 1 is 1.18 bits per heavy atom. The maximum Gasteiger partial charge on any atom is 0.262 e. The molecule has 0 saturated carbocycles. The molecule has 3 heterocycles. The van der Waals surface area contributed by atoms with Crippen LogP contribution >= 0.6 is 11.8 Å². The van der Waals surface area contributed by atoms with Crippen LogP contribution in [0.5, 0.6) is 11.5 Å². The van der Waals surface area contributed by atoms with E-state index in [0.717, 1.165) is 11.8 Å². The summed E-state index contributed by atoms with van der Waals surface area (Å²) in [6, 6.07) is 15.5. The number of rotatable bonds is 6. The van der Waals surface area contributed by atoms with Gasteiger partial charge in [-0.3, -0.25) is 14.2 Å². The lowest BCUT2D eigenvalue weighted by Gasteiger charge is -2.12. The Kier molecular flexibility index (Phi) is 5.46. The van der Waals surface area contributed by atoms with E-state index in [-0.39, 0.29) is 30.6 Å². The molecule has 2 aromatic heterocycles. The zero-order valence-corrected chi connectivity index (χ0v) is 17.9. The monoisotopic (exact) mass is 460 g/mol. The molecule has 5 rings (SSSR count). The summed E-state index contributed by atoms with van der Waals surface area (Å²) in [7, 11) is 0. The third-order valence-electron chi connectivity index (χ3n) is 4.92. The molecule has 0 aliphatic carbocycles. The fourth-order valence-corrected chi connectivity index (χ4v) is 4.19. The molecule has 1 N–H and O–H groups in total. The molecular weight excluding hydrogens is 444 g/mol. The fraction of sp³-hybridized carbons (Fsp3) is 0.130. The van der Waals surface area contributed by atoms with Gasteiger partial charge in [-0.05, 0) is 36.4 Å². The SMILES string of the molecule is N#Cc1cccc(NC(=O)CSc2nc3cc4c(cc3c(=O)n2Cc2ccco2)OCO4)c1. The third kappa shape index (κ3) is 4.26. The molecule has 0 saturated heterocycles. The van der Waals surface area contributed by atoms with E-state index in [4.69, 9.17) is 19.2 Å². The summed E-state index contributed by atoms with van der Waals surface area (Å²) in [5.41, 5.74) is 1.14. The molecule has 0 unspecified atom stereocenters. The molecule has 4 aromatic rings. The Morgan fingerprint density at radius 2 is 2.03 bits per heavy atom. The second-order valence-corrected chi connectivity index (χ2v) is 8.06. The van der Waals surface area contributed by atoms with Crippen LogP contribution in [0, 0.1) is 11.3 Å². The molecule has 1 aliphatic heterocycles. The van der Waals surface area contributed by atoms with Gasteiger partial charge in [0.25, 0.3) is 5.56 Å². The zero-order chi connectivity index (χ0) is 22.8. The quantitative estimate of drug-likeness (QED) is 0.344. The van der Waals surface area contributed by atoms with Crippen LogP contribution in [0.25, 0.3) is 10.9 Å². The van der Waals surface area contributed by atoms with Gasteiger partial charge in [-0.1, -0.05) is 17.8 Å². The predicted octanol–water partition coefficient (Wildman–Crippen LogP) is 3.37. The van der Waals surface area contributed by atoms with Crippen molar-refractivity contribution in [2.24, 2.45) is 0 Å². The number of ether oxygens (including phenoxy) is 2. The minimum atomic E-state index is -0.292. The number of nitrogens with one attached hydrogen (secondary N) is 1. The van der Waals surface area contributed by atoms with Crippen molar-refractivity contribution in [1.82, 2.24) is 9.55 Å². The van der Waals surface area contributed by atoms with Crippen LogP contribution in [-0.2, 0) is 11.3 Å². The number of carbonyl (C=O) groups excluding carboxylic acids is 1. The summed E-state index contributed by atoms with van der Waals surface area (Å²) in [4.78, 5) is 30.5. The lowest BCUT2D eigenvalue weighted by molar-refractivity contribution is -0.113. The maximum absolute atomic E-state index is 13.3. The molecule has 0 bridgehead atoms. The first-order valence-corrected chi connectivity index (χ1v) is 10.9. The summed E-state index contributed by atoms with van der Waals surface area (Å²) in [5.74, 6) is 1.31. The fourth-order valence-electron chi connectivity index (χ4n) is 3.39. The van der Waals surface area contributed by atoms with E-state index < -0.39 is 0 Å². The van der Waals surface area contributed by atoms with Crippen molar-refractivity contribution in [3.63, 3.8) is 0 Å². The van der Waals surface area contributed by atoms with Gasteiger partial charge in [-0.25, -0.2) is 4.98 Å². The summed E-state index contributed by atoms with van der Waals surface area (Å²) >= 11 is 1.13. The van der Waals surface area contributed by atoms with E-state index in [1.165, 1.54) is 10.8 Å². The molecule has 1 amide bonds. The van der Waals surface area contributed by atoms with Gasteiger partial charge in [0.15, 0.2) is 16.7 Å². The Bertz CT molecular complexity index is 1460. The van der Waals surface area contributed by atoms with Crippen molar-refractivity contribution in [2.75, 3.05) is 17.9 Å². The smallest absolute Gasteiger partial charge is 0.262 e. The van der Waals surface area contributed by atoms with Gasteiger partial charge in [-0.15, -0.1) is 0 Å². The molecule has 2 aromatic carbocycles. The lowest BCUT2D eigenvalue weighted by Crippen LogP contribution is -2.24. The summed E-state index contributed by atoms with van der Waals surface area (Å²) in [6.45, 7) is 0.248. The highest BCUT2D eigenvalue weighted by molar-refractivity contribution is 7.99. The van der Waals surface area contributed by atoms with Crippen LogP contribution in [-0.4, -0.2) is 28.0 Å². The number of hydrogen-bond acceptors (Lipinski definition) is 8. The van der Waals surface area contributed by atoms with Crippen molar-refractivity contribution in [1.29, 1.82) is 5.26 Å². The summed E-state index contributed by atoms with van der Waals surface area (Å²) < 4.78 is 17.7. The van der Waals surface area contributed by atoms with Gasteiger partial charge >= 0.3 is 0 Å². The highest BCUT2D eigenvalue weighted by atomic mass is 32.2. The average molecular weight is 460 g/mol. The maximum atomic E-state index is 13.3. The van der Waals surface area contributed by atoms with Crippen molar-refractivity contribution >= 4 is 34.3 Å². The van der Waals surface area contributed by atoms with Crippen LogP contribution in [0.3, 0.4) is 0 Å². The van der Waals surface area contributed by atoms with Crippen LogP contribution in [0.2, 0.25) is 0 Å². The Labute approximate surface area is 191 Å². The average Bonchev–Trinajstić information content (AvgIpc) is 3.50. The first-order chi connectivity index (χ1) is 16.1. The highest BCUT2D eigenvalue weighted by Gasteiger charge is 2.20. The molecule has 0 radical (unpaired) electrons. The van der Waals surface area contributed by atoms with Crippen LogP contribution in [0.4, 0.5) is 5.69 Å². The number of aromatic nitrogens is 2. The highest BCUT2D eigenvalue weighted by Crippen LogP contribution is 2.35. The number of hydrogen-bond donors (Lipinski definition) is 1. The van der Waals surface area contributed by atoms with Crippen LogP contribution < -0.4 is 20.3 Å². The van der Waals surface area contributed by atoms with Crippen molar-refractivity contribution < 1.29 is 18.7 Å². The van der Waals surface area contributed by atoms with E-state index in [1.54, 1.807) is 48.5 Å². The van der Waals surface area contributed by atoms with Crippen LogP contribution in [0.1, 0.15) is 11.3 Å². The van der Waals surface area contributed by atoms with Gasteiger partial charge in [-0.2, -0.15) is 5.26 Å². The number of fused-ring (bicyclic) bond motifs is 2. The first-order valence-electron chi connectivity index (χ1n) is 9.90. The number of nitrogens with zero attached hydrogens (tertiary/aromatic N) is 3. The number of benzene rings is 2. The standard InChI is InChI=1S/C23H16N4O5S/c24-10-14-3-1-4-15(7-14)25-21(28)12-33-23-26-18-9-20-19(31-13-32-20)8-17(18)22(29)27(23)11-16-5-2-6-30-16/h1-9H,11-13H2,(H,25,28). The van der Waals surface area contributed by atoms with E-state index in [1.807, 2.05) is 6.07 Å². The van der Waals surface area contributed by atoms with E-state index in [0.29, 0.717) is 44.6 Å². The van der Waals surface area contributed by atoms with E-state index >= 15 is 0 Å². The zero-order valence-electron chi connectivity index (χ0n) is 17.1. The molecular formula is C23H16N4O5S. The minimum Gasteiger partial charge on any atom is -0.467 e. The molecule has 1 aliphatic rings. The number of anilines is 1. The van der Waals surface area contributed by atoms with Crippen molar-refractivity contribution in [2.45, 2.75) is 11.7 Å². The topological polar surface area (TPSA) is 119 Å². The van der Waals surface area contributed by atoms with Crippen molar-refractivity contribution in [3.05, 3.63) is 76.5 Å². The van der Waals surface area contributed by atoms with Gasteiger partial charge in [0.05, 0.1) is 41.1 Å². The Balaban J connectivity index is 1.45. The number of amides is 1. The molecule has 33 heavy (non-hydrogen) atoms. The number of carbonyl (C=O) groups is 1. The summed E-state index contributed by atoms with van der Waals surface area (Å²) in [5, 5.41) is 12.5. The molecule has 0 fully saturated rings. The largest absolute Gasteiger partial charge is 0.467 e. The Morgan fingerprint density at radius 3 is 2.82 bits per heavy atom. The molecule has 9 nitrogen and oxygen atoms in total. The molecule has 10 heteroatoms. The van der Waals surface area contributed by atoms with Crippen molar-refractivity contribution in [3.8, 4) is 17.6 Å². The Hall–Kier alpha value is -4.23. The van der Waals surface area contributed by atoms with Gasteiger partial charge in [0, 0.05) is 11.8 Å². The molecule has 0 atom stereocenters. The van der Waals surface area contributed by atoms with Gasteiger partial charge in [0.2, 0.25) is 12.7 Å².